The van der Waals surface area contributed by atoms with Crippen LogP contribution in [0.1, 0.15) is 50.8 Å². The molecule has 1 saturated carbocycles. The molecule has 94 valence electrons. The van der Waals surface area contributed by atoms with Gasteiger partial charge in [0, 0.05) is 18.8 Å². The first-order valence-electron chi connectivity index (χ1n) is 6.70. The Hall–Kier alpha value is -0.890. The van der Waals surface area contributed by atoms with Crippen LogP contribution in [0.25, 0.3) is 0 Å². The van der Waals surface area contributed by atoms with Gasteiger partial charge in [-0.25, -0.2) is 0 Å². The van der Waals surface area contributed by atoms with Crippen LogP contribution in [0.5, 0.6) is 0 Å². The summed E-state index contributed by atoms with van der Waals surface area (Å²) in [6.45, 7) is 7.74. The van der Waals surface area contributed by atoms with E-state index in [1.807, 2.05) is 6.20 Å². The summed E-state index contributed by atoms with van der Waals surface area (Å²) < 4.78 is 0. The number of rotatable bonds is 3. The van der Waals surface area contributed by atoms with Crippen molar-refractivity contribution in [3.8, 4) is 0 Å². The van der Waals surface area contributed by atoms with E-state index in [1.165, 1.54) is 31.2 Å². The third-order valence-corrected chi connectivity index (χ3v) is 3.88. The van der Waals surface area contributed by atoms with Crippen LogP contribution in [0, 0.1) is 12.3 Å². The van der Waals surface area contributed by atoms with Crippen LogP contribution >= 0.6 is 0 Å². The highest BCUT2D eigenvalue weighted by Crippen LogP contribution is 2.34. The van der Waals surface area contributed by atoms with Gasteiger partial charge in [0.05, 0.1) is 5.69 Å². The number of nitrogens with zero attached hydrogens (tertiary/aromatic N) is 1. The summed E-state index contributed by atoms with van der Waals surface area (Å²) in [5.41, 5.74) is 2.94. The van der Waals surface area contributed by atoms with Gasteiger partial charge >= 0.3 is 0 Å². The molecule has 1 aromatic heterocycles. The zero-order valence-corrected chi connectivity index (χ0v) is 11.3. The van der Waals surface area contributed by atoms with Gasteiger partial charge in [-0.2, -0.15) is 0 Å². The standard InChI is InChI=1S/C15H24N2/c1-12-4-5-14(16-10-12)11-17-13-6-8-15(2,3)9-7-13/h4-5,10,13,17H,6-9,11H2,1-3H3. The summed E-state index contributed by atoms with van der Waals surface area (Å²) >= 11 is 0. The van der Waals surface area contributed by atoms with Crippen molar-refractivity contribution in [3.05, 3.63) is 29.6 Å². The van der Waals surface area contributed by atoms with Crippen molar-refractivity contribution >= 4 is 0 Å². The van der Waals surface area contributed by atoms with Crippen molar-refractivity contribution in [2.24, 2.45) is 5.41 Å². The van der Waals surface area contributed by atoms with Gasteiger partial charge in [0.1, 0.15) is 0 Å². The first-order chi connectivity index (χ1) is 8.05. The Kier molecular flexibility index (Phi) is 3.82. The predicted molar refractivity (Wildman–Crippen MR) is 71.9 cm³/mol. The van der Waals surface area contributed by atoms with E-state index in [1.54, 1.807) is 0 Å². The van der Waals surface area contributed by atoms with Crippen molar-refractivity contribution in [2.75, 3.05) is 0 Å². The molecule has 0 radical (unpaired) electrons. The molecular weight excluding hydrogens is 208 g/mol. The summed E-state index contributed by atoms with van der Waals surface area (Å²) in [4.78, 5) is 4.43. The van der Waals surface area contributed by atoms with Crippen molar-refractivity contribution in [3.63, 3.8) is 0 Å². The van der Waals surface area contributed by atoms with Gasteiger partial charge in [-0.3, -0.25) is 4.98 Å². The number of hydrogen-bond donors (Lipinski definition) is 1. The lowest BCUT2D eigenvalue weighted by molar-refractivity contribution is 0.205. The molecule has 2 nitrogen and oxygen atoms in total. The van der Waals surface area contributed by atoms with Crippen LogP contribution in [0.2, 0.25) is 0 Å². The molecule has 1 aliphatic rings. The van der Waals surface area contributed by atoms with Crippen molar-refractivity contribution in [2.45, 2.75) is 59.0 Å². The highest BCUT2D eigenvalue weighted by atomic mass is 14.9. The lowest BCUT2D eigenvalue weighted by Gasteiger charge is -2.34. The van der Waals surface area contributed by atoms with Crippen molar-refractivity contribution in [1.29, 1.82) is 0 Å². The summed E-state index contributed by atoms with van der Waals surface area (Å²) in [6.07, 6.45) is 7.23. The Labute approximate surface area is 105 Å². The first-order valence-corrected chi connectivity index (χ1v) is 6.70. The Morgan fingerprint density at radius 1 is 1.29 bits per heavy atom. The highest BCUT2D eigenvalue weighted by Gasteiger charge is 2.26. The summed E-state index contributed by atoms with van der Waals surface area (Å²) in [5.74, 6) is 0. The second-order valence-electron chi connectivity index (χ2n) is 6.15. The van der Waals surface area contributed by atoms with E-state index in [9.17, 15) is 0 Å². The molecule has 2 rings (SSSR count). The maximum absolute atomic E-state index is 4.43. The number of aryl methyl sites for hydroxylation is 1. The normalized spacial score (nSPS) is 20.4. The molecule has 1 aromatic rings. The molecule has 2 heteroatoms. The zero-order valence-electron chi connectivity index (χ0n) is 11.3. The molecule has 17 heavy (non-hydrogen) atoms. The average Bonchev–Trinajstić information content (AvgIpc) is 2.30. The Bertz CT molecular complexity index is 344. The Balaban J connectivity index is 1.78. The molecule has 1 aliphatic carbocycles. The van der Waals surface area contributed by atoms with E-state index in [0.717, 1.165) is 12.2 Å². The highest BCUT2D eigenvalue weighted by molar-refractivity contribution is 5.12. The summed E-state index contributed by atoms with van der Waals surface area (Å²) in [6, 6.07) is 4.94. The predicted octanol–water partition coefficient (Wildman–Crippen LogP) is 3.45. The fourth-order valence-electron chi connectivity index (χ4n) is 2.46. The number of aromatic nitrogens is 1. The Morgan fingerprint density at radius 3 is 2.59 bits per heavy atom. The van der Waals surface area contributed by atoms with Crippen molar-refractivity contribution < 1.29 is 0 Å². The van der Waals surface area contributed by atoms with E-state index < -0.39 is 0 Å². The molecule has 0 atom stereocenters. The van der Waals surface area contributed by atoms with Gasteiger partial charge in [0.15, 0.2) is 0 Å². The quantitative estimate of drug-likeness (QED) is 0.863. The second-order valence-corrected chi connectivity index (χ2v) is 6.15. The van der Waals surface area contributed by atoms with Gasteiger partial charge in [0.25, 0.3) is 0 Å². The van der Waals surface area contributed by atoms with Gasteiger partial charge in [-0.05, 0) is 49.7 Å². The molecule has 0 unspecified atom stereocenters. The van der Waals surface area contributed by atoms with E-state index in [0.29, 0.717) is 11.5 Å². The molecule has 0 spiro atoms. The van der Waals surface area contributed by atoms with Crippen LogP contribution in [0.4, 0.5) is 0 Å². The molecule has 0 bridgehead atoms. The maximum Gasteiger partial charge on any atom is 0.0541 e. The maximum atomic E-state index is 4.43. The summed E-state index contributed by atoms with van der Waals surface area (Å²) in [5, 5.41) is 3.63. The third kappa shape index (κ3) is 3.81. The van der Waals surface area contributed by atoms with Crippen LogP contribution in [-0.4, -0.2) is 11.0 Å². The number of pyridine rings is 1. The largest absolute Gasteiger partial charge is 0.308 e. The lowest BCUT2D eigenvalue weighted by Crippen LogP contribution is -2.35. The fraction of sp³-hybridized carbons (Fsp3) is 0.667. The van der Waals surface area contributed by atoms with Crippen molar-refractivity contribution in [1.82, 2.24) is 10.3 Å². The second kappa shape index (κ2) is 5.18. The first kappa shape index (κ1) is 12.6. The van der Waals surface area contributed by atoms with E-state index in [2.05, 4.69) is 43.2 Å². The minimum absolute atomic E-state index is 0.556. The molecule has 1 fully saturated rings. The average molecular weight is 232 g/mol. The Morgan fingerprint density at radius 2 is 2.00 bits per heavy atom. The van der Waals surface area contributed by atoms with Gasteiger partial charge in [0.2, 0.25) is 0 Å². The minimum atomic E-state index is 0.556. The van der Waals surface area contributed by atoms with Crippen LogP contribution in [0.15, 0.2) is 18.3 Å². The molecule has 1 N–H and O–H groups in total. The fourth-order valence-corrected chi connectivity index (χ4v) is 2.46. The third-order valence-electron chi connectivity index (χ3n) is 3.88. The molecule has 0 saturated heterocycles. The topological polar surface area (TPSA) is 24.9 Å². The number of nitrogens with one attached hydrogen (secondary N) is 1. The molecule has 1 heterocycles. The van der Waals surface area contributed by atoms with E-state index in [-0.39, 0.29) is 0 Å². The molecule has 0 aromatic carbocycles. The monoisotopic (exact) mass is 232 g/mol. The number of hydrogen-bond acceptors (Lipinski definition) is 2. The molecular formula is C15H24N2. The summed E-state index contributed by atoms with van der Waals surface area (Å²) in [7, 11) is 0. The van der Waals surface area contributed by atoms with Crippen LogP contribution in [-0.2, 0) is 6.54 Å². The van der Waals surface area contributed by atoms with E-state index in [4.69, 9.17) is 0 Å². The van der Waals surface area contributed by atoms with Crippen LogP contribution in [0.3, 0.4) is 0 Å². The van der Waals surface area contributed by atoms with Gasteiger partial charge in [-0.1, -0.05) is 19.9 Å². The molecule has 0 aliphatic heterocycles. The van der Waals surface area contributed by atoms with Gasteiger partial charge < -0.3 is 5.32 Å². The minimum Gasteiger partial charge on any atom is -0.308 e. The van der Waals surface area contributed by atoms with Crippen LogP contribution < -0.4 is 5.32 Å². The SMILES string of the molecule is Cc1ccc(CNC2CCC(C)(C)CC2)nc1. The zero-order chi connectivity index (χ0) is 12.3. The smallest absolute Gasteiger partial charge is 0.0541 e. The van der Waals surface area contributed by atoms with Gasteiger partial charge in [-0.15, -0.1) is 0 Å². The lowest BCUT2D eigenvalue weighted by atomic mass is 9.75. The van der Waals surface area contributed by atoms with E-state index >= 15 is 0 Å². The molecule has 0 amide bonds.